The van der Waals surface area contributed by atoms with E-state index < -0.39 is 6.09 Å². The SMILES string of the molecule is Cc1ccc(-c2nc(NC(=O)c3ccc(N4CCN(C(=O)O)CC4)nc3)sc2C)cc1. The summed E-state index contributed by atoms with van der Waals surface area (Å²) in [5, 5.41) is 12.5. The summed E-state index contributed by atoms with van der Waals surface area (Å²) in [6.07, 6.45) is 0.637. The number of rotatable bonds is 4. The minimum atomic E-state index is -0.900. The number of piperazine rings is 1. The first-order chi connectivity index (χ1) is 14.9. The molecule has 1 aliphatic heterocycles. The van der Waals surface area contributed by atoms with Crippen molar-refractivity contribution < 1.29 is 14.7 Å². The monoisotopic (exact) mass is 437 g/mol. The summed E-state index contributed by atoms with van der Waals surface area (Å²) in [6, 6.07) is 11.7. The Balaban J connectivity index is 1.41. The number of carboxylic acid groups (broad SMARTS) is 1. The number of nitrogens with one attached hydrogen (secondary N) is 1. The minimum absolute atomic E-state index is 0.265. The Bertz CT molecular complexity index is 1090. The molecule has 3 heterocycles. The van der Waals surface area contributed by atoms with E-state index in [1.807, 2.05) is 43.0 Å². The summed E-state index contributed by atoms with van der Waals surface area (Å²) >= 11 is 1.44. The van der Waals surface area contributed by atoms with Crippen LogP contribution in [0.1, 0.15) is 20.8 Å². The van der Waals surface area contributed by atoms with Crippen molar-refractivity contribution in [3.63, 3.8) is 0 Å². The number of aryl methyl sites for hydroxylation is 2. The Hall–Kier alpha value is -3.46. The molecule has 1 saturated heterocycles. The number of carbonyl (C=O) groups excluding carboxylic acids is 1. The van der Waals surface area contributed by atoms with Crippen molar-refractivity contribution in [3.05, 3.63) is 58.6 Å². The molecule has 0 atom stereocenters. The van der Waals surface area contributed by atoms with Crippen molar-refractivity contribution in [2.24, 2.45) is 0 Å². The third-order valence-corrected chi connectivity index (χ3v) is 6.11. The molecule has 2 amide bonds. The Labute approximate surface area is 184 Å². The van der Waals surface area contributed by atoms with E-state index in [9.17, 15) is 9.59 Å². The Kier molecular flexibility index (Phi) is 5.85. The third kappa shape index (κ3) is 4.66. The van der Waals surface area contributed by atoms with Gasteiger partial charge in [0.25, 0.3) is 5.91 Å². The van der Waals surface area contributed by atoms with Gasteiger partial charge in [-0.1, -0.05) is 29.8 Å². The zero-order valence-corrected chi connectivity index (χ0v) is 18.1. The van der Waals surface area contributed by atoms with Gasteiger partial charge in [-0.15, -0.1) is 11.3 Å². The van der Waals surface area contributed by atoms with Crippen molar-refractivity contribution in [3.8, 4) is 11.3 Å². The fraction of sp³-hybridized carbons (Fsp3) is 0.273. The number of benzene rings is 1. The Morgan fingerprint density at radius 3 is 2.35 bits per heavy atom. The number of anilines is 2. The molecule has 8 nitrogen and oxygen atoms in total. The molecule has 160 valence electrons. The number of pyridine rings is 1. The molecule has 31 heavy (non-hydrogen) atoms. The summed E-state index contributed by atoms with van der Waals surface area (Å²) in [5.41, 5.74) is 3.52. The van der Waals surface area contributed by atoms with Crippen LogP contribution in [-0.4, -0.2) is 58.2 Å². The molecule has 0 unspecified atom stereocenters. The van der Waals surface area contributed by atoms with Crippen LogP contribution in [0.2, 0.25) is 0 Å². The van der Waals surface area contributed by atoms with Crippen LogP contribution in [0.5, 0.6) is 0 Å². The van der Waals surface area contributed by atoms with Crippen molar-refractivity contribution in [1.29, 1.82) is 0 Å². The highest BCUT2D eigenvalue weighted by Crippen LogP contribution is 2.30. The van der Waals surface area contributed by atoms with E-state index in [0.29, 0.717) is 36.9 Å². The first-order valence-corrected chi connectivity index (χ1v) is 10.8. The van der Waals surface area contributed by atoms with Gasteiger partial charge in [0.1, 0.15) is 5.82 Å². The number of hydrogen-bond donors (Lipinski definition) is 2. The van der Waals surface area contributed by atoms with Crippen LogP contribution >= 0.6 is 11.3 Å². The van der Waals surface area contributed by atoms with Crippen molar-refractivity contribution >= 4 is 34.3 Å². The quantitative estimate of drug-likeness (QED) is 0.643. The van der Waals surface area contributed by atoms with E-state index >= 15 is 0 Å². The molecule has 3 aromatic rings. The van der Waals surface area contributed by atoms with Crippen LogP contribution in [-0.2, 0) is 0 Å². The highest BCUT2D eigenvalue weighted by atomic mass is 32.1. The van der Waals surface area contributed by atoms with E-state index in [2.05, 4.69) is 15.3 Å². The minimum Gasteiger partial charge on any atom is -0.465 e. The maximum Gasteiger partial charge on any atom is 0.407 e. The highest BCUT2D eigenvalue weighted by Gasteiger charge is 2.21. The zero-order valence-electron chi connectivity index (χ0n) is 17.3. The van der Waals surface area contributed by atoms with E-state index in [-0.39, 0.29) is 5.91 Å². The highest BCUT2D eigenvalue weighted by molar-refractivity contribution is 7.16. The molecule has 0 saturated carbocycles. The number of hydrogen-bond acceptors (Lipinski definition) is 6. The number of aromatic nitrogens is 2. The number of nitrogens with zero attached hydrogens (tertiary/aromatic N) is 4. The molecular weight excluding hydrogens is 414 g/mol. The maximum atomic E-state index is 12.7. The first-order valence-electron chi connectivity index (χ1n) is 9.95. The summed E-state index contributed by atoms with van der Waals surface area (Å²) in [4.78, 5) is 37.1. The largest absolute Gasteiger partial charge is 0.465 e. The normalized spacial score (nSPS) is 13.9. The molecule has 0 bridgehead atoms. The Morgan fingerprint density at radius 2 is 1.74 bits per heavy atom. The topological polar surface area (TPSA) is 98.7 Å². The average molecular weight is 438 g/mol. The summed E-state index contributed by atoms with van der Waals surface area (Å²) in [6.45, 7) is 6.05. The second-order valence-corrected chi connectivity index (χ2v) is 8.61. The van der Waals surface area contributed by atoms with Gasteiger partial charge >= 0.3 is 6.09 Å². The van der Waals surface area contributed by atoms with Gasteiger partial charge in [-0.25, -0.2) is 14.8 Å². The van der Waals surface area contributed by atoms with Gasteiger partial charge in [0.15, 0.2) is 5.13 Å². The molecule has 0 radical (unpaired) electrons. The van der Waals surface area contributed by atoms with Crippen LogP contribution in [0.25, 0.3) is 11.3 Å². The molecule has 0 aliphatic carbocycles. The molecular formula is C22H23N5O3S. The first kappa shape index (κ1) is 20.8. The van der Waals surface area contributed by atoms with Crippen LogP contribution in [0.3, 0.4) is 0 Å². The lowest BCUT2D eigenvalue weighted by atomic mass is 10.1. The lowest BCUT2D eigenvalue weighted by Crippen LogP contribution is -2.48. The van der Waals surface area contributed by atoms with Crippen LogP contribution in [0, 0.1) is 13.8 Å². The summed E-state index contributed by atoms with van der Waals surface area (Å²) in [7, 11) is 0. The maximum absolute atomic E-state index is 12.7. The standard InChI is InChI=1S/C22H23N5O3S/c1-14-3-5-16(6-4-14)19-15(2)31-21(24-19)25-20(28)17-7-8-18(23-13-17)26-9-11-27(12-10-26)22(29)30/h3-8,13H,9-12H2,1-2H3,(H,29,30)(H,24,25,28). The van der Waals surface area contributed by atoms with Crippen LogP contribution < -0.4 is 10.2 Å². The fourth-order valence-corrected chi connectivity index (χ4v) is 4.26. The molecule has 1 fully saturated rings. The van der Waals surface area contributed by atoms with Crippen molar-refractivity contribution in [2.45, 2.75) is 13.8 Å². The van der Waals surface area contributed by atoms with Gasteiger partial charge < -0.3 is 14.9 Å². The van der Waals surface area contributed by atoms with Gasteiger partial charge in [-0.3, -0.25) is 10.1 Å². The second-order valence-electron chi connectivity index (χ2n) is 7.41. The number of carbonyl (C=O) groups is 2. The van der Waals surface area contributed by atoms with E-state index in [1.54, 1.807) is 12.1 Å². The number of thiazole rings is 1. The molecule has 1 aromatic carbocycles. The van der Waals surface area contributed by atoms with Gasteiger partial charge in [-0.05, 0) is 26.0 Å². The van der Waals surface area contributed by atoms with Gasteiger partial charge in [0, 0.05) is 42.8 Å². The second kappa shape index (κ2) is 8.73. The molecule has 2 N–H and O–H groups in total. The zero-order chi connectivity index (χ0) is 22.0. The average Bonchev–Trinajstić information content (AvgIpc) is 3.14. The third-order valence-electron chi connectivity index (χ3n) is 5.23. The number of amides is 2. The predicted octanol–water partition coefficient (Wildman–Crippen LogP) is 3.87. The predicted molar refractivity (Wildman–Crippen MR) is 121 cm³/mol. The molecule has 1 aliphatic rings. The molecule has 0 spiro atoms. The van der Waals surface area contributed by atoms with Crippen molar-refractivity contribution in [2.75, 3.05) is 36.4 Å². The lowest BCUT2D eigenvalue weighted by Gasteiger charge is -2.33. The molecule has 2 aromatic heterocycles. The van der Waals surface area contributed by atoms with E-state index in [0.717, 1.165) is 22.0 Å². The fourth-order valence-electron chi connectivity index (χ4n) is 3.43. The molecule has 4 rings (SSSR count). The van der Waals surface area contributed by atoms with Crippen LogP contribution in [0.15, 0.2) is 42.6 Å². The van der Waals surface area contributed by atoms with Crippen LogP contribution in [0.4, 0.5) is 15.7 Å². The smallest absolute Gasteiger partial charge is 0.407 e. The van der Waals surface area contributed by atoms with Crippen molar-refractivity contribution in [1.82, 2.24) is 14.9 Å². The van der Waals surface area contributed by atoms with Gasteiger partial charge in [0.05, 0.1) is 11.3 Å². The lowest BCUT2D eigenvalue weighted by molar-refractivity contribution is 0.102. The van der Waals surface area contributed by atoms with Gasteiger partial charge in [-0.2, -0.15) is 0 Å². The Morgan fingerprint density at radius 1 is 1.03 bits per heavy atom. The summed E-state index contributed by atoms with van der Waals surface area (Å²) in [5.74, 6) is 0.465. The molecule has 9 heteroatoms. The summed E-state index contributed by atoms with van der Waals surface area (Å²) < 4.78 is 0. The van der Waals surface area contributed by atoms with E-state index in [1.165, 1.54) is 28.0 Å². The van der Waals surface area contributed by atoms with E-state index in [4.69, 9.17) is 5.11 Å². The van der Waals surface area contributed by atoms with Gasteiger partial charge in [0.2, 0.25) is 0 Å².